The van der Waals surface area contributed by atoms with Crippen LogP contribution in [0.5, 0.6) is 5.75 Å². The Morgan fingerprint density at radius 3 is 2.36 bits per heavy atom. The first-order valence-corrected chi connectivity index (χ1v) is 9.54. The summed E-state index contributed by atoms with van der Waals surface area (Å²) in [5, 5.41) is 2.65. The molecule has 0 aliphatic rings. The second kappa shape index (κ2) is 10.0. The van der Waals surface area contributed by atoms with E-state index in [0.717, 1.165) is 4.90 Å². The minimum absolute atomic E-state index is 0.152. The zero-order valence-electron chi connectivity index (χ0n) is 15.5. The van der Waals surface area contributed by atoms with Crippen molar-refractivity contribution in [3.63, 3.8) is 0 Å². The molecule has 1 atom stereocenters. The highest BCUT2D eigenvalue weighted by Gasteiger charge is 2.17. The Hall–Kier alpha value is -2.71. The van der Waals surface area contributed by atoms with Gasteiger partial charge in [-0.2, -0.15) is 0 Å². The molecule has 1 unspecified atom stereocenters. The molecule has 0 aromatic heterocycles. The van der Waals surface area contributed by atoms with E-state index in [0.29, 0.717) is 16.5 Å². The zero-order valence-corrected chi connectivity index (χ0v) is 17.1. The molecule has 0 aliphatic carbocycles. The van der Waals surface area contributed by atoms with Gasteiger partial charge in [-0.05, 0) is 49.4 Å². The van der Waals surface area contributed by atoms with Gasteiger partial charge in [-0.3, -0.25) is 25.2 Å². The molecule has 0 saturated carbocycles. The number of methoxy groups -OCH3 is 1. The smallest absolute Gasteiger partial charge is 0.273 e. The second-order valence-electron chi connectivity index (χ2n) is 5.75. The molecule has 3 amide bonds. The van der Waals surface area contributed by atoms with Crippen molar-refractivity contribution in [2.24, 2.45) is 0 Å². The van der Waals surface area contributed by atoms with E-state index in [1.165, 1.54) is 37.9 Å². The van der Waals surface area contributed by atoms with Gasteiger partial charge in [0.05, 0.1) is 17.9 Å². The first kappa shape index (κ1) is 21.6. The molecule has 2 aromatic carbocycles. The molecule has 0 saturated heterocycles. The number of halogens is 1. The third-order valence-corrected chi connectivity index (χ3v) is 4.91. The molecule has 0 radical (unpaired) electrons. The predicted octanol–water partition coefficient (Wildman–Crippen LogP) is 3.25. The van der Waals surface area contributed by atoms with Gasteiger partial charge in [-0.1, -0.05) is 11.6 Å². The number of thioether (sulfide) groups is 1. The number of anilines is 1. The molecule has 0 spiro atoms. The Bertz CT molecular complexity index is 874. The zero-order chi connectivity index (χ0) is 20.7. The Kier molecular flexibility index (Phi) is 7.71. The van der Waals surface area contributed by atoms with Crippen molar-refractivity contribution in [2.45, 2.75) is 24.0 Å². The number of rotatable bonds is 6. The first-order valence-electron chi connectivity index (χ1n) is 8.28. The number of carbonyl (C=O) groups is 3. The number of hydrogen-bond acceptors (Lipinski definition) is 5. The lowest BCUT2D eigenvalue weighted by Gasteiger charge is -2.14. The maximum Gasteiger partial charge on any atom is 0.273 e. The fraction of sp³-hybridized carbons (Fsp3) is 0.211. The van der Waals surface area contributed by atoms with Gasteiger partial charge < -0.3 is 10.1 Å². The average molecular weight is 422 g/mol. The third-order valence-electron chi connectivity index (χ3n) is 3.56. The summed E-state index contributed by atoms with van der Waals surface area (Å²) in [4.78, 5) is 36.4. The third kappa shape index (κ3) is 6.17. The van der Waals surface area contributed by atoms with Gasteiger partial charge >= 0.3 is 0 Å². The van der Waals surface area contributed by atoms with E-state index >= 15 is 0 Å². The maximum absolute atomic E-state index is 12.3. The van der Waals surface area contributed by atoms with E-state index < -0.39 is 11.2 Å². The largest absolute Gasteiger partial charge is 0.496 e. The molecule has 0 aliphatic heterocycles. The van der Waals surface area contributed by atoms with Crippen LogP contribution in [0.25, 0.3) is 0 Å². The number of hydrogen-bond donors (Lipinski definition) is 3. The van der Waals surface area contributed by atoms with Crippen LogP contribution in [0.3, 0.4) is 0 Å². The molecule has 3 N–H and O–H groups in total. The molecule has 9 heteroatoms. The molecule has 2 aromatic rings. The molecular weight excluding hydrogens is 402 g/mol. The van der Waals surface area contributed by atoms with E-state index in [1.54, 1.807) is 37.3 Å². The summed E-state index contributed by atoms with van der Waals surface area (Å²) in [5.74, 6) is -0.724. The summed E-state index contributed by atoms with van der Waals surface area (Å²) in [6, 6.07) is 11.7. The molecule has 28 heavy (non-hydrogen) atoms. The van der Waals surface area contributed by atoms with Crippen molar-refractivity contribution in [1.82, 2.24) is 10.9 Å². The monoisotopic (exact) mass is 421 g/mol. The van der Waals surface area contributed by atoms with Crippen LogP contribution in [0.1, 0.15) is 24.2 Å². The molecule has 0 heterocycles. The van der Waals surface area contributed by atoms with Crippen LogP contribution in [0.15, 0.2) is 47.4 Å². The number of amides is 3. The van der Waals surface area contributed by atoms with Crippen molar-refractivity contribution >= 4 is 46.8 Å². The van der Waals surface area contributed by atoms with Gasteiger partial charge in [0.25, 0.3) is 11.8 Å². The van der Waals surface area contributed by atoms with Crippen molar-refractivity contribution < 1.29 is 19.1 Å². The minimum atomic E-state index is -0.515. The van der Waals surface area contributed by atoms with Crippen LogP contribution in [-0.2, 0) is 9.59 Å². The Morgan fingerprint density at radius 2 is 1.75 bits per heavy atom. The number of hydrazine groups is 1. The fourth-order valence-electron chi connectivity index (χ4n) is 2.22. The predicted molar refractivity (Wildman–Crippen MR) is 110 cm³/mol. The molecular formula is C19H20ClN3O4S. The number of carbonyl (C=O) groups excluding carboxylic acids is 3. The van der Waals surface area contributed by atoms with Gasteiger partial charge in [-0.25, -0.2) is 0 Å². The van der Waals surface area contributed by atoms with Crippen LogP contribution in [0.4, 0.5) is 5.69 Å². The van der Waals surface area contributed by atoms with E-state index in [9.17, 15) is 14.4 Å². The van der Waals surface area contributed by atoms with Gasteiger partial charge in [0.1, 0.15) is 5.75 Å². The van der Waals surface area contributed by atoms with Crippen LogP contribution in [0.2, 0.25) is 5.02 Å². The van der Waals surface area contributed by atoms with Gasteiger partial charge in [-0.15, -0.1) is 11.8 Å². The summed E-state index contributed by atoms with van der Waals surface area (Å²) >= 11 is 7.19. The lowest BCUT2D eigenvalue weighted by Crippen LogP contribution is -2.45. The van der Waals surface area contributed by atoms with E-state index in [-0.39, 0.29) is 17.4 Å². The lowest BCUT2D eigenvalue weighted by molar-refractivity contribution is -0.121. The average Bonchev–Trinajstić information content (AvgIpc) is 2.66. The van der Waals surface area contributed by atoms with Crippen molar-refractivity contribution in [3.8, 4) is 5.75 Å². The van der Waals surface area contributed by atoms with Crippen molar-refractivity contribution in [3.05, 3.63) is 53.1 Å². The van der Waals surface area contributed by atoms with E-state index in [1.807, 2.05) is 0 Å². The summed E-state index contributed by atoms with van der Waals surface area (Å²) < 4.78 is 5.13. The van der Waals surface area contributed by atoms with Crippen LogP contribution >= 0.6 is 23.4 Å². The van der Waals surface area contributed by atoms with Gasteiger partial charge in [0.15, 0.2) is 0 Å². The molecule has 2 rings (SSSR count). The molecule has 0 fully saturated rings. The quantitative estimate of drug-likeness (QED) is 0.491. The van der Waals surface area contributed by atoms with Gasteiger partial charge in [0.2, 0.25) is 5.91 Å². The summed E-state index contributed by atoms with van der Waals surface area (Å²) in [6.45, 7) is 3.15. The highest BCUT2D eigenvalue weighted by molar-refractivity contribution is 8.00. The normalized spacial score (nSPS) is 11.3. The number of nitrogens with one attached hydrogen (secondary N) is 3. The SMILES string of the molecule is COc1cc(Cl)ccc1C(=O)NNC(=O)C(C)Sc1ccc(NC(C)=O)cc1. The van der Waals surface area contributed by atoms with E-state index in [4.69, 9.17) is 16.3 Å². The second-order valence-corrected chi connectivity index (χ2v) is 7.60. The molecule has 148 valence electrons. The van der Waals surface area contributed by atoms with Crippen LogP contribution in [-0.4, -0.2) is 30.1 Å². The number of ether oxygens (including phenoxy) is 1. The summed E-state index contributed by atoms with van der Waals surface area (Å²) in [7, 11) is 1.43. The van der Waals surface area contributed by atoms with Crippen LogP contribution < -0.4 is 20.9 Å². The van der Waals surface area contributed by atoms with E-state index in [2.05, 4.69) is 16.2 Å². The highest BCUT2D eigenvalue weighted by atomic mass is 35.5. The van der Waals surface area contributed by atoms with Crippen molar-refractivity contribution in [2.75, 3.05) is 12.4 Å². The topological polar surface area (TPSA) is 96.5 Å². The Labute approximate surface area is 172 Å². The van der Waals surface area contributed by atoms with Gasteiger partial charge in [0, 0.05) is 22.5 Å². The summed E-state index contributed by atoms with van der Waals surface area (Å²) in [5.41, 5.74) is 5.70. The first-order chi connectivity index (χ1) is 13.3. The molecule has 7 nitrogen and oxygen atoms in total. The minimum Gasteiger partial charge on any atom is -0.496 e. The Morgan fingerprint density at radius 1 is 1.07 bits per heavy atom. The highest BCUT2D eigenvalue weighted by Crippen LogP contribution is 2.25. The maximum atomic E-state index is 12.3. The molecule has 0 bridgehead atoms. The van der Waals surface area contributed by atoms with Crippen molar-refractivity contribution in [1.29, 1.82) is 0 Å². The van der Waals surface area contributed by atoms with Crippen LogP contribution in [0, 0.1) is 0 Å². The Balaban J connectivity index is 1.90. The summed E-state index contributed by atoms with van der Waals surface area (Å²) in [6.07, 6.45) is 0. The fourth-order valence-corrected chi connectivity index (χ4v) is 3.25. The number of benzene rings is 2. The lowest BCUT2D eigenvalue weighted by atomic mass is 10.2. The standard InChI is InChI=1S/C19H20ClN3O4S/c1-11(28-15-7-5-14(6-8-15)21-12(2)24)18(25)22-23-19(26)16-9-4-13(20)10-17(16)27-3/h4-11H,1-3H3,(H,21,24)(H,22,25)(H,23,26).